The summed E-state index contributed by atoms with van der Waals surface area (Å²) >= 11 is 0. The predicted molar refractivity (Wildman–Crippen MR) is 85.1 cm³/mol. The second-order valence-electron chi connectivity index (χ2n) is 6.23. The number of fused-ring (bicyclic) bond motifs is 1. The first-order valence-corrected chi connectivity index (χ1v) is 8.15. The van der Waals surface area contributed by atoms with Crippen LogP contribution in [0.5, 0.6) is 5.75 Å². The van der Waals surface area contributed by atoms with E-state index in [1.54, 1.807) is 0 Å². The highest BCUT2D eigenvalue weighted by molar-refractivity contribution is 5.38. The number of ether oxygens (including phenoxy) is 2. The fourth-order valence-electron chi connectivity index (χ4n) is 3.17. The standard InChI is InChI=1S/C17H26N2O3/c1-18-12-14-3-4-15(11-16(14)17(20)13-18)22-8-2-5-19-6-9-21-10-7-19/h3-4,11,17,20H,2,5-10,12-13H2,1H3/t17-/m0/s1. The number of β-amino-alcohol motifs (C(OH)–C–C–N with tert-alkyl or cyclic N) is 1. The van der Waals surface area contributed by atoms with Gasteiger partial charge in [0.1, 0.15) is 5.75 Å². The van der Waals surface area contributed by atoms with E-state index in [0.717, 1.165) is 57.1 Å². The van der Waals surface area contributed by atoms with Crippen molar-refractivity contribution in [3.63, 3.8) is 0 Å². The Hall–Kier alpha value is -1.14. The molecule has 0 aliphatic carbocycles. The highest BCUT2D eigenvalue weighted by Gasteiger charge is 2.21. The Morgan fingerprint density at radius 3 is 2.95 bits per heavy atom. The van der Waals surface area contributed by atoms with Gasteiger partial charge in [0.25, 0.3) is 0 Å². The van der Waals surface area contributed by atoms with Gasteiger partial charge >= 0.3 is 0 Å². The van der Waals surface area contributed by atoms with Crippen molar-refractivity contribution in [3.05, 3.63) is 29.3 Å². The van der Waals surface area contributed by atoms with Gasteiger partial charge in [-0.05, 0) is 36.7 Å². The van der Waals surface area contributed by atoms with Gasteiger partial charge in [0.2, 0.25) is 0 Å². The van der Waals surface area contributed by atoms with E-state index in [2.05, 4.69) is 15.9 Å². The maximum atomic E-state index is 10.2. The van der Waals surface area contributed by atoms with E-state index in [1.165, 1.54) is 5.56 Å². The molecular weight excluding hydrogens is 280 g/mol. The Balaban J connectivity index is 1.48. The molecule has 0 saturated carbocycles. The summed E-state index contributed by atoms with van der Waals surface area (Å²) in [6.07, 6.45) is 0.605. The van der Waals surface area contributed by atoms with E-state index in [9.17, 15) is 5.11 Å². The molecule has 3 rings (SSSR count). The maximum Gasteiger partial charge on any atom is 0.119 e. The van der Waals surface area contributed by atoms with Gasteiger partial charge in [-0.3, -0.25) is 9.80 Å². The Morgan fingerprint density at radius 2 is 2.14 bits per heavy atom. The summed E-state index contributed by atoms with van der Waals surface area (Å²) in [4.78, 5) is 4.55. The molecule has 0 bridgehead atoms. The zero-order chi connectivity index (χ0) is 15.4. The number of hydrogen-bond donors (Lipinski definition) is 1. The van der Waals surface area contributed by atoms with Crippen LogP contribution in [0.4, 0.5) is 0 Å². The van der Waals surface area contributed by atoms with Crippen molar-refractivity contribution in [1.29, 1.82) is 0 Å². The van der Waals surface area contributed by atoms with E-state index in [1.807, 2.05) is 19.2 Å². The summed E-state index contributed by atoms with van der Waals surface area (Å²) in [5, 5.41) is 10.2. The van der Waals surface area contributed by atoms with Crippen LogP contribution in [0.3, 0.4) is 0 Å². The van der Waals surface area contributed by atoms with Crippen molar-refractivity contribution in [3.8, 4) is 5.75 Å². The van der Waals surface area contributed by atoms with Gasteiger partial charge < -0.3 is 14.6 Å². The van der Waals surface area contributed by atoms with E-state index < -0.39 is 6.10 Å². The molecule has 1 aromatic rings. The molecule has 1 aromatic carbocycles. The first kappa shape index (κ1) is 15.7. The molecule has 5 nitrogen and oxygen atoms in total. The predicted octanol–water partition coefficient (Wildman–Crippen LogP) is 1.27. The van der Waals surface area contributed by atoms with Crippen molar-refractivity contribution in [1.82, 2.24) is 9.80 Å². The van der Waals surface area contributed by atoms with Crippen molar-refractivity contribution >= 4 is 0 Å². The topological polar surface area (TPSA) is 45.2 Å². The molecule has 5 heteroatoms. The Labute approximate surface area is 132 Å². The van der Waals surface area contributed by atoms with Crippen LogP contribution in [0.15, 0.2) is 18.2 Å². The van der Waals surface area contributed by atoms with Crippen LogP contribution < -0.4 is 4.74 Å². The normalized spacial score (nSPS) is 23.3. The molecule has 1 saturated heterocycles. The zero-order valence-electron chi connectivity index (χ0n) is 13.3. The molecule has 122 valence electrons. The second kappa shape index (κ2) is 7.42. The average Bonchev–Trinajstić information content (AvgIpc) is 2.53. The van der Waals surface area contributed by atoms with Gasteiger partial charge in [-0.25, -0.2) is 0 Å². The summed E-state index contributed by atoms with van der Waals surface area (Å²) < 4.78 is 11.2. The third-order valence-corrected chi connectivity index (χ3v) is 4.39. The van der Waals surface area contributed by atoms with Gasteiger partial charge in [0.05, 0.1) is 25.9 Å². The molecule has 22 heavy (non-hydrogen) atoms. The minimum atomic E-state index is -0.411. The second-order valence-corrected chi connectivity index (χ2v) is 6.23. The third-order valence-electron chi connectivity index (χ3n) is 4.39. The van der Waals surface area contributed by atoms with Gasteiger partial charge in [0, 0.05) is 32.7 Å². The van der Waals surface area contributed by atoms with Crippen LogP contribution in [-0.2, 0) is 11.3 Å². The van der Waals surface area contributed by atoms with Crippen molar-refractivity contribution in [2.24, 2.45) is 0 Å². The first-order chi connectivity index (χ1) is 10.7. The lowest BCUT2D eigenvalue weighted by atomic mass is 9.97. The minimum absolute atomic E-state index is 0.411. The van der Waals surface area contributed by atoms with E-state index in [4.69, 9.17) is 9.47 Å². The Bertz CT molecular complexity index is 489. The van der Waals surface area contributed by atoms with Crippen LogP contribution in [0.25, 0.3) is 0 Å². The lowest BCUT2D eigenvalue weighted by molar-refractivity contribution is 0.0358. The van der Waals surface area contributed by atoms with Crippen LogP contribution in [0, 0.1) is 0 Å². The fraction of sp³-hybridized carbons (Fsp3) is 0.647. The summed E-state index contributed by atoms with van der Waals surface area (Å²) in [5.41, 5.74) is 2.21. The molecule has 2 aliphatic rings. The molecule has 0 radical (unpaired) electrons. The number of aliphatic hydroxyl groups excluding tert-OH is 1. The number of benzene rings is 1. The van der Waals surface area contributed by atoms with Crippen LogP contribution >= 0.6 is 0 Å². The molecule has 2 aliphatic heterocycles. The van der Waals surface area contributed by atoms with Gasteiger partial charge in [-0.15, -0.1) is 0 Å². The molecule has 0 amide bonds. The Kier molecular flexibility index (Phi) is 5.31. The highest BCUT2D eigenvalue weighted by Crippen LogP contribution is 2.29. The molecule has 1 N–H and O–H groups in total. The monoisotopic (exact) mass is 306 g/mol. The largest absolute Gasteiger partial charge is 0.494 e. The summed E-state index contributed by atoms with van der Waals surface area (Å²) in [7, 11) is 2.03. The van der Waals surface area contributed by atoms with E-state index in [-0.39, 0.29) is 0 Å². The van der Waals surface area contributed by atoms with Gasteiger partial charge in [-0.2, -0.15) is 0 Å². The van der Waals surface area contributed by atoms with E-state index in [0.29, 0.717) is 13.2 Å². The van der Waals surface area contributed by atoms with Crippen LogP contribution in [0.2, 0.25) is 0 Å². The molecule has 0 unspecified atom stereocenters. The molecule has 2 heterocycles. The third kappa shape index (κ3) is 3.98. The van der Waals surface area contributed by atoms with Crippen molar-refractivity contribution in [2.45, 2.75) is 19.1 Å². The number of hydrogen-bond acceptors (Lipinski definition) is 5. The minimum Gasteiger partial charge on any atom is -0.494 e. The van der Waals surface area contributed by atoms with E-state index >= 15 is 0 Å². The first-order valence-electron chi connectivity index (χ1n) is 8.15. The SMILES string of the molecule is CN1Cc2ccc(OCCCN3CCOCC3)cc2[C@@H](O)C1. The smallest absolute Gasteiger partial charge is 0.119 e. The van der Waals surface area contributed by atoms with Crippen LogP contribution in [0.1, 0.15) is 23.7 Å². The molecule has 1 atom stereocenters. The number of rotatable bonds is 5. The van der Waals surface area contributed by atoms with Crippen molar-refractivity contribution in [2.75, 3.05) is 53.0 Å². The number of likely N-dealkylation sites (N-methyl/N-ethyl adjacent to an activating group) is 1. The molecule has 1 fully saturated rings. The zero-order valence-corrected chi connectivity index (χ0v) is 13.3. The average molecular weight is 306 g/mol. The highest BCUT2D eigenvalue weighted by atomic mass is 16.5. The summed E-state index contributed by atoms with van der Waals surface area (Å²) in [5.74, 6) is 0.865. The summed E-state index contributed by atoms with van der Waals surface area (Å²) in [6.45, 7) is 7.10. The fourth-order valence-corrected chi connectivity index (χ4v) is 3.17. The van der Waals surface area contributed by atoms with Gasteiger partial charge in [-0.1, -0.05) is 6.07 Å². The van der Waals surface area contributed by atoms with Crippen LogP contribution in [-0.4, -0.2) is 68.0 Å². The lowest BCUT2D eigenvalue weighted by Crippen LogP contribution is -2.37. The lowest BCUT2D eigenvalue weighted by Gasteiger charge is -2.29. The number of aliphatic hydroxyl groups is 1. The quantitative estimate of drug-likeness (QED) is 0.830. The number of nitrogens with zero attached hydrogens (tertiary/aromatic N) is 2. The Morgan fingerprint density at radius 1 is 1.32 bits per heavy atom. The van der Waals surface area contributed by atoms with Crippen molar-refractivity contribution < 1.29 is 14.6 Å². The summed E-state index contributed by atoms with van der Waals surface area (Å²) in [6, 6.07) is 6.09. The molecule has 0 aromatic heterocycles. The van der Waals surface area contributed by atoms with Gasteiger partial charge in [0.15, 0.2) is 0 Å². The molecule has 0 spiro atoms. The number of morpholine rings is 1. The maximum absolute atomic E-state index is 10.2. The molecular formula is C17H26N2O3.